The molecule has 1 fully saturated rings. The zero-order valence-electron chi connectivity index (χ0n) is 19.3. The number of hydrogen-bond acceptors (Lipinski definition) is 7. The number of benzene rings is 2. The quantitative estimate of drug-likeness (QED) is 0.381. The third kappa shape index (κ3) is 4.50. The predicted molar refractivity (Wildman–Crippen MR) is 132 cm³/mol. The molecular formula is C26H31N5O2. The van der Waals surface area contributed by atoms with Gasteiger partial charge in [0.05, 0.1) is 16.6 Å². The van der Waals surface area contributed by atoms with Crippen molar-refractivity contribution in [3.8, 4) is 0 Å². The van der Waals surface area contributed by atoms with Crippen LogP contribution in [0.2, 0.25) is 0 Å². The van der Waals surface area contributed by atoms with Crippen molar-refractivity contribution in [2.24, 2.45) is 5.92 Å². The first-order valence-corrected chi connectivity index (χ1v) is 11.9. The average molecular weight is 446 g/mol. The number of nitrogens with one attached hydrogen (secondary N) is 1. The monoisotopic (exact) mass is 445 g/mol. The highest BCUT2D eigenvalue weighted by atomic mass is 16.5. The number of piperidine rings is 1. The lowest BCUT2D eigenvalue weighted by Gasteiger charge is -2.33. The van der Waals surface area contributed by atoms with Gasteiger partial charge in [0.1, 0.15) is 0 Å². The topological polar surface area (TPSA) is 87.3 Å². The Labute approximate surface area is 193 Å². The molecule has 1 aliphatic heterocycles. The van der Waals surface area contributed by atoms with Crippen LogP contribution in [0.25, 0.3) is 21.9 Å². The molecule has 1 saturated heterocycles. The summed E-state index contributed by atoms with van der Waals surface area (Å²) in [5.74, 6) is 1.55. The van der Waals surface area contributed by atoms with Crippen molar-refractivity contribution in [2.45, 2.75) is 45.4 Å². The standard InChI is InChI=1S/C26H31N5O2/c1-17(2)24-23-22(33-30-24)10-5-19-16-27-26(29-25(19)23)28-20-6-8-21(9-7-20)31-13-11-18(12-14-31)4-3-15-32/h5-10,16-18,32H,3-4,11-15H2,1-2H3,(H,27,28,29). The zero-order valence-corrected chi connectivity index (χ0v) is 19.3. The molecule has 0 atom stereocenters. The summed E-state index contributed by atoms with van der Waals surface area (Å²) in [5.41, 5.74) is 4.73. The Morgan fingerprint density at radius 2 is 1.91 bits per heavy atom. The summed E-state index contributed by atoms with van der Waals surface area (Å²) < 4.78 is 5.53. The van der Waals surface area contributed by atoms with Crippen LogP contribution in [0, 0.1) is 5.92 Å². The van der Waals surface area contributed by atoms with Gasteiger partial charge in [0.25, 0.3) is 0 Å². The molecule has 0 spiro atoms. The van der Waals surface area contributed by atoms with Crippen molar-refractivity contribution >= 4 is 39.2 Å². The second-order valence-electron chi connectivity index (χ2n) is 9.26. The molecule has 5 rings (SSSR count). The summed E-state index contributed by atoms with van der Waals surface area (Å²) in [7, 11) is 0. The van der Waals surface area contributed by atoms with E-state index in [2.05, 4.69) is 58.5 Å². The highest BCUT2D eigenvalue weighted by molar-refractivity contribution is 6.04. The summed E-state index contributed by atoms with van der Waals surface area (Å²) in [4.78, 5) is 11.8. The summed E-state index contributed by atoms with van der Waals surface area (Å²) in [6.07, 6.45) is 6.29. The second-order valence-corrected chi connectivity index (χ2v) is 9.26. The van der Waals surface area contributed by atoms with Gasteiger partial charge in [-0.1, -0.05) is 19.0 Å². The molecule has 0 aliphatic carbocycles. The molecule has 0 unspecified atom stereocenters. The largest absolute Gasteiger partial charge is 0.396 e. The Balaban J connectivity index is 1.32. The number of nitrogens with zero attached hydrogens (tertiary/aromatic N) is 4. The van der Waals surface area contributed by atoms with E-state index >= 15 is 0 Å². The molecule has 172 valence electrons. The van der Waals surface area contributed by atoms with E-state index in [1.54, 1.807) is 0 Å². The lowest BCUT2D eigenvalue weighted by Crippen LogP contribution is -2.33. The maximum atomic E-state index is 9.05. The number of fused-ring (bicyclic) bond motifs is 3. The molecule has 1 aliphatic rings. The number of aromatic nitrogens is 3. The van der Waals surface area contributed by atoms with Crippen LogP contribution in [0.3, 0.4) is 0 Å². The third-order valence-corrected chi connectivity index (χ3v) is 6.63. The van der Waals surface area contributed by atoms with E-state index in [4.69, 9.17) is 14.6 Å². The van der Waals surface area contributed by atoms with Gasteiger partial charge in [0.15, 0.2) is 5.58 Å². The van der Waals surface area contributed by atoms with Crippen LogP contribution in [0.5, 0.6) is 0 Å². The first-order chi connectivity index (χ1) is 16.1. The summed E-state index contributed by atoms with van der Waals surface area (Å²) in [6.45, 7) is 6.66. The zero-order chi connectivity index (χ0) is 22.8. The maximum Gasteiger partial charge on any atom is 0.227 e. The van der Waals surface area contributed by atoms with E-state index in [1.807, 2.05) is 18.3 Å². The van der Waals surface area contributed by atoms with Gasteiger partial charge in [-0.15, -0.1) is 0 Å². The van der Waals surface area contributed by atoms with Gasteiger partial charge in [-0.3, -0.25) is 0 Å². The lowest BCUT2D eigenvalue weighted by molar-refractivity contribution is 0.261. The molecular weight excluding hydrogens is 414 g/mol. The first-order valence-electron chi connectivity index (χ1n) is 11.9. The van der Waals surface area contributed by atoms with E-state index in [1.165, 1.54) is 18.5 Å². The molecule has 0 amide bonds. The molecule has 4 aromatic rings. The SMILES string of the molecule is CC(C)c1noc2ccc3cnc(Nc4ccc(N5CCC(CCCO)CC5)cc4)nc3c12. The van der Waals surface area contributed by atoms with Crippen LogP contribution in [-0.2, 0) is 0 Å². The average Bonchev–Trinajstić information content (AvgIpc) is 3.29. The van der Waals surface area contributed by atoms with Crippen molar-refractivity contribution in [3.63, 3.8) is 0 Å². The molecule has 2 N–H and O–H groups in total. The normalized spacial score (nSPS) is 15.1. The van der Waals surface area contributed by atoms with Crippen LogP contribution in [0.1, 0.15) is 51.1 Å². The highest BCUT2D eigenvalue weighted by Crippen LogP contribution is 2.32. The fraction of sp³-hybridized carbons (Fsp3) is 0.423. The van der Waals surface area contributed by atoms with Crippen LogP contribution in [0.15, 0.2) is 47.1 Å². The van der Waals surface area contributed by atoms with E-state index < -0.39 is 0 Å². The molecule has 7 heteroatoms. The smallest absolute Gasteiger partial charge is 0.227 e. The molecule has 0 saturated carbocycles. The second kappa shape index (κ2) is 9.35. The number of anilines is 3. The van der Waals surface area contributed by atoms with Crippen molar-refractivity contribution in [1.82, 2.24) is 15.1 Å². The van der Waals surface area contributed by atoms with Gasteiger partial charge >= 0.3 is 0 Å². The fourth-order valence-electron chi connectivity index (χ4n) is 4.75. The van der Waals surface area contributed by atoms with Crippen LogP contribution >= 0.6 is 0 Å². The van der Waals surface area contributed by atoms with Gasteiger partial charge < -0.3 is 19.8 Å². The van der Waals surface area contributed by atoms with Crippen LogP contribution < -0.4 is 10.2 Å². The fourth-order valence-corrected chi connectivity index (χ4v) is 4.75. The number of rotatable bonds is 7. The Hall–Kier alpha value is -3.19. The van der Waals surface area contributed by atoms with Crippen molar-refractivity contribution in [2.75, 3.05) is 29.9 Å². The van der Waals surface area contributed by atoms with E-state index in [0.717, 1.165) is 65.1 Å². The maximum absolute atomic E-state index is 9.05. The summed E-state index contributed by atoms with van der Waals surface area (Å²) >= 11 is 0. The van der Waals surface area contributed by atoms with E-state index in [0.29, 0.717) is 12.6 Å². The summed E-state index contributed by atoms with van der Waals surface area (Å²) in [5, 5.41) is 18.6. The van der Waals surface area contributed by atoms with Gasteiger partial charge in [0.2, 0.25) is 5.95 Å². The molecule has 33 heavy (non-hydrogen) atoms. The number of aliphatic hydroxyl groups is 1. The van der Waals surface area contributed by atoms with Crippen molar-refractivity contribution in [1.29, 1.82) is 0 Å². The number of aliphatic hydroxyl groups excluding tert-OH is 1. The molecule has 0 bridgehead atoms. The molecule has 2 aromatic heterocycles. The van der Waals surface area contributed by atoms with Crippen molar-refractivity contribution in [3.05, 3.63) is 48.3 Å². The minimum absolute atomic E-state index is 0.246. The highest BCUT2D eigenvalue weighted by Gasteiger charge is 2.19. The Kier molecular flexibility index (Phi) is 6.13. The van der Waals surface area contributed by atoms with Gasteiger partial charge in [-0.05, 0) is 73.9 Å². The van der Waals surface area contributed by atoms with E-state index in [9.17, 15) is 0 Å². The van der Waals surface area contributed by atoms with Crippen LogP contribution in [-0.4, -0.2) is 39.9 Å². The van der Waals surface area contributed by atoms with E-state index in [-0.39, 0.29) is 5.92 Å². The lowest BCUT2D eigenvalue weighted by atomic mass is 9.92. The van der Waals surface area contributed by atoms with Crippen LogP contribution in [0.4, 0.5) is 17.3 Å². The third-order valence-electron chi connectivity index (χ3n) is 6.63. The Bertz CT molecular complexity index is 1230. The predicted octanol–water partition coefficient (Wildman–Crippen LogP) is 5.63. The molecule has 7 nitrogen and oxygen atoms in total. The molecule has 3 heterocycles. The first kappa shape index (κ1) is 21.6. The Morgan fingerprint density at radius 1 is 1.12 bits per heavy atom. The number of hydrogen-bond donors (Lipinski definition) is 2. The summed E-state index contributed by atoms with van der Waals surface area (Å²) in [6, 6.07) is 12.4. The van der Waals surface area contributed by atoms with Gasteiger partial charge in [-0.25, -0.2) is 9.97 Å². The molecule has 0 radical (unpaired) electrons. The minimum atomic E-state index is 0.246. The minimum Gasteiger partial charge on any atom is -0.396 e. The van der Waals surface area contributed by atoms with Crippen molar-refractivity contribution < 1.29 is 9.63 Å². The van der Waals surface area contributed by atoms with Gasteiger partial charge in [-0.2, -0.15) is 0 Å². The Morgan fingerprint density at radius 3 is 2.64 bits per heavy atom. The molecule has 2 aromatic carbocycles. The van der Waals surface area contributed by atoms with Gasteiger partial charge in [0, 0.05) is 42.7 Å².